The zero-order chi connectivity index (χ0) is 38.9. The maximum absolute atomic E-state index is 14.4. The van der Waals surface area contributed by atoms with Crippen LogP contribution in [0.4, 0.5) is 0 Å². The molecule has 0 amide bonds. The van der Waals surface area contributed by atoms with Crippen LogP contribution in [0.15, 0.2) is 194 Å². The number of hydrogen-bond acceptors (Lipinski definition) is 6. The summed E-state index contributed by atoms with van der Waals surface area (Å²) in [5.74, 6) is -1.43. The van der Waals surface area contributed by atoms with Crippen molar-refractivity contribution >= 4 is 23.1 Å². The summed E-state index contributed by atoms with van der Waals surface area (Å²) in [6.07, 6.45) is 0. The summed E-state index contributed by atoms with van der Waals surface area (Å²) in [7, 11) is 0. The molecular weight excluding hydrogens is 705 g/mol. The van der Waals surface area contributed by atoms with Crippen molar-refractivity contribution in [1.82, 2.24) is 9.97 Å². The second kappa shape index (κ2) is 14.5. The van der Waals surface area contributed by atoms with Gasteiger partial charge in [0.1, 0.15) is 22.8 Å². The summed E-state index contributed by atoms with van der Waals surface area (Å²) in [5, 5.41) is 0. The Bertz CT molecular complexity index is 2520. The monoisotopic (exact) mass is 736 g/mol. The number of nitrogens with zero attached hydrogens (tertiary/aromatic N) is 2. The average molecular weight is 737 g/mol. The predicted octanol–water partition coefficient (Wildman–Crippen LogP) is 9.76. The predicted molar refractivity (Wildman–Crippen MR) is 219 cm³/mol. The summed E-state index contributed by atoms with van der Waals surface area (Å²) < 4.78 is 0. The Labute approximate surface area is 329 Å². The molecule has 2 heterocycles. The first-order valence-electron chi connectivity index (χ1n) is 18.6. The molecule has 0 saturated carbocycles. The Kier molecular flexibility index (Phi) is 8.92. The van der Waals surface area contributed by atoms with E-state index in [2.05, 4.69) is 0 Å². The highest BCUT2D eigenvalue weighted by Crippen LogP contribution is 2.56. The van der Waals surface area contributed by atoms with Crippen LogP contribution in [0.5, 0.6) is 0 Å². The molecule has 0 unspecified atom stereocenters. The Hall–Kier alpha value is -7.70. The van der Waals surface area contributed by atoms with Gasteiger partial charge in [-0.2, -0.15) is 0 Å². The maximum atomic E-state index is 14.4. The van der Waals surface area contributed by atoms with Crippen LogP contribution in [0.1, 0.15) is 86.5 Å². The van der Waals surface area contributed by atoms with Gasteiger partial charge in [-0.25, -0.2) is 9.97 Å². The van der Waals surface area contributed by atoms with E-state index in [-0.39, 0.29) is 45.9 Å². The van der Waals surface area contributed by atoms with E-state index >= 15 is 0 Å². The molecule has 2 aromatic heterocycles. The minimum atomic E-state index is -1.26. The lowest BCUT2D eigenvalue weighted by molar-refractivity contribution is 0.101. The van der Waals surface area contributed by atoms with Crippen LogP contribution in [0, 0.1) is 0 Å². The summed E-state index contributed by atoms with van der Waals surface area (Å²) in [6.45, 7) is 0. The van der Waals surface area contributed by atoms with Crippen molar-refractivity contribution in [2.24, 2.45) is 0 Å². The molecule has 0 spiro atoms. The van der Waals surface area contributed by atoms with Crippen LogP contribution in [-0.4, -0.2) is 33.1 Å². The highest BCUT2D eigenvalue weighted by molar-refractivity contribution is 6.13. The molecule has 0 aliphatic heterocycles. The van der Waals surface area contributed by atoms with Gasteiger partial charge in [0.05, 0.1) is 5.41 Å². The fourth-order valence-corrected chi connectivity index (χ4v) is 7.93. The van der Waals surface area contributed by atoms with Crippen molar-refractivity contribution in [3.05, 3.63) is 261 Å². The van der Waals surface area contributed by atoms with Crippen LogP contribution in [0.2, 0.25) is 0 Å². The molecule has 1 aliphatic rings. The second-order valence-corrected chi connectivity index (χ2v) is 13.9. The van der Waals surface area contributed by atoms with Crippen molar-refractivity contribution in [1.29, 1.82) is 0 Å². The summed E-state index contributed by atoms with van der Waals surface area (Å²) >= 11 is 0. The van der Waals surface area contributed by atoms with Crippen LogP contribution < -0.4 is 0 Å². The zero-order valence-electron chi connectivity index (χ0n) is 30.5. The van der Waals surface area contributed by atoms with Crippen LogP contribution >= 0.6 is 0 Å². The van der Waals surface area contributed by atoms with Crippen LogP contribution in [0.3, 0.4) is 0 Å². The summed E-state index contributed by atoms with van der Waals surface area (Å²) in [6, 6.07) is 58.3. The Morgan fingerprint density at radius 3 is 0.842 bits per heavy atom. The van der Waals surface area contributed by atoms with Gasteiger partial charge < -0.3 is 0 Å². The third-order valence-corrected chi connectivity index (χ3v) is 10.5. The van der Waals surface area contributed by atoms with E-state index in [0.29, 0.717) is 33.4 Å². The number of carbonyl (C=O) groups excluding carboxylic acids is 4. The molecule has 1 aliphatic carbocycles. The normalized spacial score (nSPS) is 12.3. The highest BCUT2D eigenvalue weighted by atomic mass is 16.1. The molecule has 0 radical (unpaired) electrons. The standard InChI is InChI=1S/C51H32N2O4/c54-47(33-17-5-1-6-18-33)43-29-37(30-44(52-43)48(55)34-19-7-2-8-20-34)51(41-27-15-13-25-39(41)40-26-14-16-28-42(40)51)38-31-45(49(56)35-21-9-3-10-22-35)53-46(32-38)50(57)36-23-11-4-12-24-36/h1-32H. The van der Waals surface area contributed by atoms with E-state index in [1.54, 1.807) is 121 Å². The minimum absolute atomic E-state index is 0.0782. The Morgan fingerprint density at radius 1 is 0.316 bits per heavy atom. The number of rotatable bonds is 10. The molecule has 57 heavy (non-hydrogen) atoms. The molecule has 0 saturated heterocycles. The first kappa shape index (κ1) is 35.0. The molecule has 0 N–H and O–H groups in total. The molecule has 270 valence electrons. The molecule has 6 aromatic carbocycles. The average Bonchev–Trinajstić information content (AvgIpc) is 3.60. The maximum Gasteiger partial charge on any atom is 0.211 e. The van der Waals surface area contributed by atoms with Crippen molar-refractivity contribution in [2.45, 2.75) is 5.41 Å². The van der Waals surface area contributed by atoms with Gasteiger partial charge in [-0.1, -0.05) is 170 Å². The Morgan fingerprint density at radius 2 is 0.561 bits per heavy atom. The molecule has 8 aromatic rings. The van der Waals surface area contributed by atoms with Gasteiger partial charge in [-0.05, 0) is 57.6 Å². The molecular formula is C51H32N2O4. The minimum Gasteiger partial charge on any atom is -0.287 e. The molecule has 0 atom stereocenters. The van der Waals surface area contributed by atoms with E-state index in [1.807, 2.05) is 72.8 Å². The van der Waals surface area contributed by atoms with E-state index in [9.17, 15) is 19.2 Å². The van der Waals surface area contributed by atoms with Gasteiger partial charge in [0.25, 0.3) is 0 Å². The van der Waals surface area contributed by atoms with Crippen molar-refractivity contribution in [2.75, 3.05) is 0 Å². The molecule has 6 nitrogen and oxygen atoms in total. The molecule has 6 heteroatoms. The first-order valence-corrected chi connectivity index (χ1v) is 18.6. The topological polar surface area (TPSA) is 94.1 Å². The number of ketones is 4. The quantitative estimate of drug-likeness (QED) is 0.130. The van der Waals surface area contributed by atoms with Crippen molar-refractivity contribution in [3.8, 4) is 11.1 Å². The lowest BCUT2D eigenvalue weighted by atomic mass is 9.67. The molecule has 9 rings (SSSR count). The number of aromatic nitrogens is 2. The summed E-state index contributed by atoms with van der Waals surface area (Å²) in [5.41, 5.74) is 5.39. The van der Waals surface area contributed by atoms with Crippen molar-refractivity contribution in [3.63, 3.8) is 0 Å². The number of hydrogen-bond donors (Lipinski definition) is 0. The highest BCUT2D eigenvalue weighted by Gasteiger charge is 2.47. The summed E-state index contributed by atoms with van der Waals surface area (Å²) in [4.78, 5) is 67.0. The number of benzene rings is 6. The third kappa shape index (κ3) is 6.10. The van der Waals surface area contributed by atoms with Crippen LogP contribution in [-0.2, 0) is 5.41 Å². The van der Waals surface area contributed by atoms with E-state index < -0.39 is 5.41 Å². The SMILES string of the molecule is O=C(c1ccccc1)c1cc(C2(c3cc(C(=O)c4ccccc4)nc(C(=O)c4ccccc4)c3)c3ccccc3-c3ccccc32)cc(C(=O)c2ccccc2)n1. The lowest BCUT2D eigenvalue weighted by Crippen LogP contribution is -2.31. The first-order chi connectivity index (χ1) is 27.9. The number of pyridine rings is 2. The van der Waals surface area contributed by atoms with Gasteiger partial charge in [0, 0.05) is 22.3 Å². The van der Waals surface area contributed by atoms with E-state index in [4.69, 9.17) is 9.97 Å². The number of fused-ring (bicyclic) bond motifs is 3. The van der Waals surface area contributed by atoms with Gasteiger partial charge in [0.15, 0.2) is 0 Å². The third-order valence-electron chi connectivity index (χ3n) is 10.5. The molecule has 0 bridgehead atoms. The number of carbonyl (C=O) groups is 4. The van der Waals surface area contributed by atoms with E-state index in [1.165, 1.54) is 0 Å². The smallest absolute Gasteiger partial charge is 0.211 e. The van der Waals surface area contributed by atoms with Gasteiger partial charge in [-0.3, -0.25) is 19.2 Å². The molecule has 0 fully saturated rings. The lowest BCUT2D eigenvalue weighted by Gasteiger charge is -2.34. The van der Waals surface area contributed by atoms with Crippen molar-refractivity contribution < 1.29 is 19.2 Å². The Balaban J connectivity index is 1.39. The zero-order valence-corrected chi connectivity index (χ0v) is 30.5. The van der Waals surface area contributed by atoms with Gasteiger partial charge >= 0.3 is 0 Å². The van der Waals surface area contributed by atoms with Crippen LogP contribution in [0.25, 0.3) is 11.1 Å². The second-order valence-electron chi connectivity index (χ2n) is 13.9. The van der Waals surface area contributed by atoms with E-state index in [0.717, 1.165) is 22.3 Å². The fourth-order valence-electron chi connectivity index (χ4n) is 7.93. The van der Waals surface area contributed by atoms with Gasteiger partial charge in [-0.15, -0.1) is 0 Å². The fraction of sp³-hybridized carbons (Fsp3) is 0.0196. The largest absolute Gasteiger partial charge is 0.287 e. The van der Waals surface area contributed by atoms with Gasteiger partial charge in [0.2, 0.25) is 23.1 Å².